The maximum atomic E-state index is 13.4. The second kappa shape index (κ2) is 5.21. The summed E-state index contributed by atoms with van der Waals surface area (Å²) in [6.07, 6.45) is 0. The van der Waals surface area contributed by atoms with Crippen LogP contribution in [0.4, 0.5) is 15.8 Å². The smallest absolute Gasteiger partial charge is 0.325 e. The molecular formula is C10H13FN2O4S. The monoisotopic (exact) mass is 276 g/mol. The second-order valence-electron chi connectivity index (χ2n) is 3.55. The Bertz CT molecular complexity index is 559. The Morgan fingerprint density at radius 3 is 2.61 bits per heavy atom. The normalized spacial score (nSPS) is 12.8. The molecule has 0 spiro atoms. The molecule has 8 heteroatoms. The average Bonchev–Trinajstić information content (AvgIpc) is 2.30. The number of sulfonamides is 1. The fourth-order valence-corrected chi connectivity index (χ4v) is 2.15. The van der Waals surface area contributed by atoms with Gasteiger partial charge in [-0.1, -0.05) is 0 Å². The largest absolute Gasteiger partial charge is 0.468 e. The molecule has 0 aliphatic carbocycles. The van der Waals surface area contributed by atoms with Crippen LogP contribution in [-0.2, 0) is 19.6 Å². The van der Waals surface area contributed by atoms with Crippen molar-refractivity contribution in [3.8, 4) is 0 Å². The van der Waals surface area contributed by atoms with Crippen LogP contribution in [0, 0.1) is 5.82 Å². The van der Waals surface area contributed by atoms with Gasteiger partial charge in [0.25, 0.3) is 0 Å². The molecule has 0 aromatic heterocycles. The summed E-state index contributed by atoms with van der Waals surface area (Å²) in [7, 11) is -3.00. The van der Waals surface area contributed by atoms with Crippen molar-refractivity contribution in [1.82, 2.24) is 0 Å². The first-order chi connectivity index (χ1) is 8.27. The number of hydrogen-bond donors (Lipinski definition) is 2. The molecule has 1 aromatic rings. The lowest BCUT2D eigenvalue weighted by Gasteiger charge is -2.13. The van der Waals surface area contributed by atoms with E-state index in [-0.39, 0.29) is 11.4 Å². The molecule has 1 aromatic carbocycles. The number of nitrogen functional groups attached to an aromatic ring is 1. The Morgan fingerprint density at radius 2 is 2.11 bits per heavy atom. The Balaban J connectivity index is 2.99. The Labute approximate surface area is 104 Å². The van der Waals surface area contributed by atoms with Gasteiger partial charge in [-0.2, -0.15) is 0 Å². The minimum Gasteiger partial charge on any atom is -0.468 e. The highest BCUT2D eigenvalue weighted by atomic mass is 32.2. The molecule has 0 radical (unpaired) electrons. The van der Waals surface area contributed by atoms with Crippen LogP contribution in [0.5, 0.6) is 0 Å². The third kappa shape index (κ3) is 3.10. The molecule has 0 heterocycles. The fourth-order valence-electron chi connectivity index (χ4n) is 1.15. The molecule has 1 rings (SSSR count). The molecule has 0 amide bonds. The quantitative estimate of drug-likeness (QED) is 0.623. The SMILES string of the molecule is COC(=O)C(C)S(=O)(=O)Nc1ccc(N)cc1F. The zero-order valence-corrected chi connectivity index (χ0v) is 10.6. The minimum atomic E-state index is -4.07. The van der Waals surface area contributed by atoms with Gasteiger partial charge in [-0.3, -0.25) is 9.52 Å². The van der Waals surface area contributed by atoms with E-state index in [0.29, 0.717) is 0 Å². The number of nitrogens with two attached hydrogens (primary N) is 1. The highest BCUT2D eigenvalue weighted by Crippen LogP contribution is 2.19. The van der Waals surface area contributed by atoms with Crippen LogP contribution >= 0.6 is 0 Å². The van der Waals surface area contributed by atoms with Crippen LogP contribution in [0.2, 0.25) is 0 Å². The van der Waals surface area contributed by atoms with Crippen molar-refractivity contribution in [3.05, 3.63) is 24.0 Å². The van der Waals surface area contributed by atoms with E-state index < -0.39 is 27.1 Å². The summed E-state index contributed by atoms with van der Waals surface area (Å²) in [5.74, 6) is -1.76. The molecule has 0 fully saturated rings. The van der Waals surface area contributed by atoms with Gasteiger partial charge in [0.1, 0.15) is 5.82 Å². The first-order valence-corrected chi connectivity index (χ1v) is 6.47. The van der Waals surface area contributed by atoms with Gasteiger partial charge in [0, 0.05) is 5.69 Å². The minimum absolute atomic E-state index is 0.163. The standard InChI is InChI=1S/C10H13FN2O4S/c1-6(10(14)17-2)18(15,16)13-9-4-3-7(12)5-8(9)11/h3-6,13H,12H2,1-2H3. The lowest BCUT2D eigenvalue weighted by molar-refractivity contribution is -0.139. The van der Waals surface area contributed by atoms with Gasteiger partial charge < -0.3 is 10.5 Å². The third-order valence-corrected chi connectivity index (χ3v) is 3.87. The summed E-state index contributed by atoms with van der Waals surface area (Å²) in [6, 6.07) is 3.48. The number of benzene rings is 1. The molecule has 6 nitrogen and oxygen atoms in total. The average molecular weight is 276 g/mol. The van der Waals surface area contributed by atoms with Crippen molar-refractivity contribution in [2.24, 2.45) is 0 Å². The first kappa shape index (κ1) is 14.2. The first-order valence-electron chi connectivity index (χ1n) is 4.92. The van der Waals surface area contributed by atoms with E-state index in [1.54, 1.807) is 0 Å². The second-order valence-corrected chi connectivity index (χ2v) is 5.55. The van der Waals surface area contributed by atoms with E-state index in [9.17, 15) is 17.6 Å². The summed E-state index contributed by atoms with van der Waals surface area (Å²) < 4.78 is 43.1. The number of nitrogens with one attached hydrogen (secondary N) is 1. The summed E-state index contributed by atoms with van der Waals surface area (Å²) >= 11 is 0. The van der Waals surface area contributed by atoms with Crippen molar-refractivity contribution in [3.63, 3.8) is 0 Å². The molecule has 0 aliphatic rings. The molecule has 1 atom stereocenters. The van der Waals surface area contributed by atoms with Gasteiger partial charge in [-0.15, -0.1) is 0 Å². The highest BCUT2D eigenvalue weighted by molar-refractivity contribution is 7.94. The molecule has 0 bridgehead atoms. The number of ether oxygens (including phenoxy) is 1. The fraction of sp³-hybridized carbons (Fsp3) is 0.300. The van der Waals surface area contributed by atoms with Gasteiger partial charge in [-0.25, -0.2) is 12.8 Å². The van der Waals surface area contributed by atoms with Crippen molar-refractivity contribution in [2.75, 3.05) is 17.6 Å². The zero-order chi connectivity index (χ0) is 13.9. The molecule has 1 unspecified atom stereocenters. The van der Waals surface area contributed by atoms with E-state index in [2.05, 4.69) is 4.74 Å². The van der Waals surface area contributed by atoms with Gasteiger partial charge >= 0.3 is 5.97 Å². The van der Waals surface area contributed by atoms with Crippen LogP contribution in [-0.4, -0.2) is 26.7 Å². The summed E-state index contributed by atoms with van der Waals surface area (Å²) in [4.78, 5) is 11.1. The predicted molar refractivity (Wildman–Crippen MR) is 64.8 cm³/mol. The van der Waals surface area contributed by atoms with E-state index >= 15 is 0 Å². The number of methoxy groups -OCH3 is 1. The Morgan fingerprint density at radius 1 is 1.50 bits per heavy atom. The molecule has 0 saturated heterocycles. The van der Waals surface area contributed by atoms with Crippen molar-refractivity contribution in [1.29, 1.82) is 0 Å². The number of hydrogen-bond acceptors (Lipinski definition) is 5. The lowest BCUT2D eigenvalue weighted by Crippen LogP contribution is -2.33. The number of carbonyl (C=O) groups is 1. The summed E-state index contributed by atoms with van der Waals surface area (Å²) in [5, 5.41) is -1.44. The van der Waals surface area contributed by atoms with E-state index in [1.807, 2.05) is 4.72 Å². The number of rotatable bonds is 4. The molecule has 0 saturated carbocycles. The maximum Gasteiger partial charge on any atom is 0.325 e. The predicted octanol–water partition coefficient (Wildman–Crippen LogP) is 0.711. The zero-order valence-electron chi connectivity index (χ0n) is 9.81. The van der Waals surface area contributed by atoms with Crippen LogP contribution < -0.4 is 10.5 Å². The highest BCUT2D eigenvalue weighted by Gasteiger charge is 2.29. The van der Waals surface area contributed by atoms with Gasteiger partial charge in [0.05, 0.1) is 12.8 Å². The van der Waals surface area contributed by atoms with Crippen LogP contribution in [0.3, 0.4) is 0 Å². The van der Waals surface area contributed by atoms with Crippen molar-refractivity contribution in [2.45, 2.75) is 12.2 Å². The van der Waals surface area contributed by atoms with E-state index in [0.717, 1.165) is 20.1 Å². The van der Waals surface area contributed by atoms with Gasteiger partial charge in [0.2, 0.25) is 10.0 Å². The van der Waals surface area contributed by atoms with Crippen LogP contribution in [0.25, 0.3) is 0 Å². The van der Waals surface area contributed by atoms with E-state index in [1.165, 1.54) is 12.1 Å². The molecular weight excluding hydrogens is 263 g/mol. The number of esters is 1. The van der Waals surface area contributed by atoms with Gasteiger partial charge in [0.15, 0.2) is 5.25 Å². The van der Waals surface area contributed by atoms with Crippen molar-refractivity contribution >= 4 is 27.4 Å². The lowest BCUT2D eigenvalue weighted by atomic mass is 10.3. The van der Waals surface area contributed by atoms with Gasteiger partial charge in [-0.05, 0) is 25.1 Å². The molecule has 3 N–H and O–H groups in total. The molecule has 18 heavy (non-hydrogen) atoms. The summed E-state index contributed by atoms with van der Waals surface area (Å²) in [5.41, 5.74) is 5.22. The van der Waals surface area contributed by atoms with E-state index in [4.69, 9.17) is 5.73 Å². The molecule has 0 aliphatic heterocycles. The number of carbonyl (C=O) groups excluding carboxylic acids is 1. The molecule has 100 valence electrons. The topological polar surface area (TPSA) is 98.5 Å². The number of anilines is 2. The Kier molecular flexibility index (Phi) is 4.12. The maximum absolute atomic E-state index is 13.4. The van der Waals surface area contributed by atoms with Crippen molar-refractivity contribution < 1.29 is 22.3 Å². The van der Waals surface area contributed by atoms with Crippen LogP contribution in [0.15, 0.2) is 18.2 Å². The Hall–Kier alpha value is -1.83. The third-order valence-electron chi connectivity index (χ3n) is 2.24. The van der Waals surface area contributed by atoms with Crippen LogP contribution in [0.1, 0.15) is 6.92 Å². The number of halogens is 1. The summed E-state index contributed by atoms with van der Waals surface area (Å²) in [6.45, 7) is 1.14.